The van der Waals surface area contributed by atoms with Crippen molar-refractivity contribution in [3.63, 3.8) is 0 Å². The summed E-state index contributed by atoms with van der Waals surface area (Å²) >= 11 is 3.47. The number of hydrogen-bond donors (Lipinski definition) is 0. The van der Waals surface area contributed by atoms with Crippen molar-refractivity contribution in [1.82, 2.24) is 0 Å². The zero-order valence-corrected chi connectivity index (χ0v) is 18.3. The molecule has 1 unspecified atom stereocenters. The van der Waals surface area contributed by atoms with Gasteiger partial charge in [-0.15, -0.1) is 0 Å². The average molecular weight is 455 g/mol. The molecule has 5 heteroatoms. The third kappa shape index (κ3) is 2.89. The third-order valence-electron chi connectivity index (χ3n) is 6.72. The van der Waals surface area contributed by atoms with Gasteiger partial charge in [0.15, 0.2) is 11.6 Å². The molecule has 0 amide bonds. The number of Topliss-reactive ketones (excluding diaryl/α,β-unsaturated/α-hetero) is 2. The Balaban J connectivity index is 1.48. The predicted molar refractivity (Wildman–Crippen MR) is 112 cm³/mol. The normalized spacial score (nSPS) is 30.1. The van der Waals surface area contributed by atoms with Crippen molar-refractivity contribution >= 4 is 27.5 Å². The van der Waals surface area contributed by atoms with Gasteiger partial charge in [-0.05, 0) is 86.2 Å². The fourth-order valence-electron chi connectivity index (χ4n) is 5.51. The van der Waals surface area contributed by atoms with Crippen molar-refractivity contribution < 1.29 is 19.1 Å². The molecule has 4 nitrogen and oxygen atoms in total. The SMILES string of the molecule is Cc1cc(Br)ccc1Oc1cc(C)c(C2C(=O)[C@@H]3[C@H](C2=O)[C@H]2CC[C@@H]3O2)c(C)c1. The van der Waals surface area contributed by atoms with E-state index in [9.17, 15) is 9.59 Å². The van der Waals surface area contributed by atoms with Crippen LogP contribution in [0.1, 0.15) is 41.0 Å². The van der Waals surface area contributed by atoms with Gasteiger partial charge in [0.1, 0.15) is 17.4 Å². The van der Waals surface area contributed by atoms with Crippen LogP contribution < -0.4 is 4.74 Å². The van der Waals surface area contributed by atoms with E-state index >= 15 is 0 Å². The Bertz CT molecular complexity index is 992. The molecule has 0 spiro atoms. The molecule has 5 rings (SSSR count). The number of fused-ring (bicyclic) bond motifs is 5. The minimum Gasteiger partial charge on any atom is -0.457 e. The molecule has 1 aliphatic carbocycles. The lowest BCUT2D eigenvalue weighted by molar-refractivity contribution is -0.127. The molecule has 0 radical (unpaired) electrons. The molecule has 3 aliphatic rings. The average Bonchev–Trinajstić information content (AvgIpc) is 3.33. The van der Waals surface area contributed by atoms with Gasteiger partial charge in [0, 0.05) is 4.47 Å². The number of hydrogen-bond acceptors (Lipinski definition) is 4. The van der Waals surface area contributed by atoms with Crippen LogP contribution in [0.25, 0.3) is 0 Å². The van der Waals surface area contributed by atoms with Crippen LogP contribution >= 0.6 is 15.9 Å². The number of halogens is 1. The highest BCUT2D eigenvalue weighted by Gasteiger charge is 2.63. The first-order valence-electron chi connectivity index (χ1n) is 10.1. The van der Waals surface area contributed by atoms with E-state index in [0.717, 1.165) is 51.1 Å². The lowest BCUT2D eigenvalue weighted by Crippen LogP contribution is -2.29. The highest BCUT2D eigenvalue weighted by atomic mass is 79.9. The summed E-state index contributed by atoms with van der Waals surface area (Å²) in [6, 6.07) is 9.75. The fraction of sp³-hybridized carbons (Fsp3) is 0.417. The van der Waals surface area contributed by atoms with E-state index in [-0.39, 0.29) is 35.6 Å². The fourth-order valence-corrected chi connectivity index (χ4v) is 5.99. The zero-order chi connectivity index (χ0) is 20.4. The number of rotatable bonds is 3. The molecule has 0 N–H and O–H groups in total. The second-order valence-electron chi connectivity index (χ2n) is 8.56. The number of ketones is 2. The maximum Gasteiger partial charge on any atom is 0.154 e. The van der Waals surface area contributed by atoms with Crippen LogP contribution in [0, 0.1) is 32.6 Å². The first kappa shape index (κ1) is 19.0. The molecule has 3 fully saturated rings. The molecule has 0 aromatic heterocycles. The highest BCUT2D eigenvalue weighted by molar-refractivity contribution is 9.10. The van der Waals surface area contributed by atoms with Gasteiger partial charge in [-0.2, -0.15) is 0 Å². The van der Waals surface area contributed by atoms with E-state index < -0.39 is 5.92 Å². The first-order chi connectivity index (χ1) is 13.8. The largest absolute Gasteiger partial charge is 0.457 e. The van der Waals surface area contributed by atoms with Crippen molar-refractivity contribution in [2.24, 2.45) is 11.8 Å². The van der Waals surface area contributed by atoms with Crippen molar-refractivity contribution in [2.45, 2.75) is 51.7 Å². The number of carbonyl (C=O) groups excluding carboxylic acids is 2. The summed E-state index contributed by atoms with van der Waals surface area (Å²) in [6.45, 7) is 5.92. The van der Waals surface area contributed by atoms with Gasteiger partial charge in [-0.25, -0.2) is 0 Å². The molecule has 2 aromatic carbocycles. The summed E-state index contributed by atoms with van der Waals surface area (Å²) in [5.74, 6) is 0.469. The summed E-state index contributed by atoms with van der Waals surface area (Å²) in [4.78, 5) is 26.4. The zero-order valence-electron chi connectivity index (χ0n) is 16.7. The van der Waals surface area contributed by atoms with Gasteiger partial charge in [0.25, 0.3) is 0 Å². The minimum absolute atomic E-state index is 0.0517. The monoisotopic (exact) mass is 454 g/mol. The van der Waals surface area contributed by atoms with Crippen LogP contribution in [-0.2, 0) is 14.3 Å². The standard InChI is InChI=1S/C24H23BrO4/c1-11-8-14(25)4-5-16(11)28-15-9-12(2)19(13(3)10-15)22-23(26)20-17-6-7-18(29-17)21(20)24(22)27/h4-5,8-10,17-18,20-22H,6-7H2,1-3H3/t17-,18+,20-,21+,22?. The Kier molecular flexibility index (Phi) is 4.44. The van der Waals surface area contributed by atoms with Crippen LogP contribution in [0.4, 0.5) is 0 Å². The molecule has 1 saturated carbocycles. The molecule has 2 aromatic rings. The summed E-state index contributed by atoms with van der Waals surface area (Å²) < 4.78 is 13.0. The number of benzene rings is 2. The van der Waals surface area contributed by atoms with Crippen LogP contribution in [-0.4, -0.2) is 23.8 Å². The summed E-state index contributed by atoms with van der Waals surface area (Å²) in [6.07, 6.45) is 1.68. The summed E-state index contributed by atoms with van der Waals surface area (Å²) in [5.41, 5.74) is 3.74. The minimum atomic E-state index is -0.652. The van der Waals surface area contributed by atoms with Crippen LogP contribution in [0.3, 0.4) is 0 Å². The topological polar surface area (TPSA) is 52.6 Å². The molecular formula is C24H23BrO4. The Labute approximate surface area is 178 Å². The van der Waals surface area contributed by atoms with E-state index in [0.29, 0.717) is 0 Å². The molecule has 29 heavy (non-hydrogen) atoms. The lowest BCUT2D eigenvalue weighted by atomic mass is 9.81. The summed E-state index contributed by atoms with van der Waals surface area (Å²) in [7, 11) is 0. The molecule has 2 aliphatic heterocycles. The van der Waals surface area contributed by atoms with E-state index in [1.807, 2.05) is 51.1 Å². The Morgan fingerprint density at radius 3 is 2.03 bits per heavy atom. The van der Waals surface area contributed by atoms with Crippen LogP contribution in [0.15, 0.2) is 34.8 Å². The molecule has 2 heterocycles. The number of aryl methyl sites for hydroxylation is 3. The van der Waals surface area contributed by atoms with Crippen molar-refractivity contribution in [2.75, 3.05) is 0 Å². The molecule has 2 bridgehead atoms. The third-order valence-corrected chi connectivity index (χ3v) is 7.21. The molecular weight excluding hydrogens is 432 g/mol. The number of ether oxygens (including phenoxy) is 2. The molecule has 5 atom stereocenters. The smallest absolute Gasteiger partial charge is 0.154 e. The van der Waals surface area contributed by atoms with E-state index in [1.165, 1.54) is 0 Å². The first-order valence-corrected chi connectivity index (χ1v) is 10.9. The maximum atomic E-state index is 13.2. The second kappa shape index (κ2) is 6.78. The lowest BCUT2D eigenvalue weighted by Gasteiger charge is -2.19. The molecule has 150 valence electrons. The Hall–Kier alpha value is -1.98. The van der Waals surface area contributed by atoms with Gasteiger partial charge in [0.2, 0.25) is 0 Å². The van der Waals surface area contributed by atoms with Crippen molar-refractivity contribution in [3.8, 4) is 11.5 Å². The maximum absolute atomic E-state index is 13.2. The van der Waals surface area contributed by atoms with Gasteiger partial charge in [-0.3, -0.25) is 9.59 Å². The van der Waals surface area contributed by atoms with Gasteiger partial charge in [-0.1, -0.05) is 15.9 Å². The van der Waals surface area contributed by atoms with Gasteiger partial charge < -0.3 is 9.47 Å². The summed E-state index contributed by atoms with van der Waals surface area (Å²) in [5, 5.41) is 0. The van der Waals surface area contributed by atoms with Gasteiger partial charge in [0.05, 0.1) is 24.0 Å². The van der Waals surface area contributed by atoms with Gasteiger partial charge >= 0.3 is 0 Å². The predicted octanol–water partition coefficient (Wildman–Crippen LogP) is 5.20. The van der Waals surface area contributed by atoms with Crippen molar-refractivity contribution in [3.05, 3.63) is 57.1 Å². The highest BCUT2D eigenvalue weighted by Crippen LogP contribution is 2.53. The van der Waals surface area contributed by atoms with Crippen LogP contribution in [0.5, 0.6) is 11.5 Å². The Morgan fingerprint density at radius 2 is 1.48 bits per heavy atom. The van der Waals surface area contributed by atoms with Crippen LogP contribution in [0.2, 0.25) is 0 Å². The quantitative estimate of drug-likeness (QED) is 0.598. The van der Waals surface area contributed by atoms with E-state index in [4.69, 9.17) is 9.47 Å². The number of carbonyl (C=O) groups is 2. The Morgan fingerprint density at radius 1 is 0.897 bits per heavy atom. The second-order valence-corrected chi connectivity index (χ2v) is 9.48. The van der Waals surface area contributed by atoms with E-state index in [1.54, 1.807) is 0 Å². The van der Waals surface area contributed by atoms with Crippen molar-refractivity contribution in [1.29, 1.82) is 0 Å². The van der Waals surface area contributed by atoms with E-state index in [2.05, 4.69) is 15.9 Å². The molecule has 2 saturated heterocycles.